The first kappa shape index (κ1) is 62.2. The fourth-order valence-electron chi connectivity index (χ4n) is 9.22. The molecule has 3 aromatic carbocycles. The van der Waals surface area contributed by atoms with Gasteiger partial charge in [-0.15, -0.1) is 0 Å². The number of nitrogens with zero attached hydrogens (tertiary/aromatic N) is 6. The quantitative estimate of drug-likeness (QED) is 0.0386. The molecule has 0 aliphatic carbocycles. The Kier molecular flexibility index (Phi) is 22.7. The number of rotatable bonds is 22. The van der Waals surface area contributed by atoms with Crippen molar-refractivity contribution in [2.24, 2.45) is 5.73 Å². The predicted molar refractivity (Wildman–Crippen MR) is 322 cm³/mol. The van der Waals surface area contributed by atoms with Gasteiger partial charge in [-0.25, -0.2) is 15.0 Å². The number of hydrogen-bond donors (Lipinski definition) is 1. The maximum Gasteiger partial charge on any atom is 0.247 e. The summed E-state index contributed by atoms with van der Waals surface area (Å²) in [6.07, 6.45) is 2.45. The third kappa shape index (κ3) is 18.3. The van der Waals surface area contributed by atoms with Crippen molar-refractivity contribution in [1.29, 1.82) is 0 Å². The molecule has 1 aliphatic heterocycles. The summed E-state index contributed by atoms with van der Waals surface area (Å²) in [5.74, 6) is 21.9. The van der Waals surface area contributed by atoms with E-state index in [9.17, 15) is 13.7 Å². The lowest BCUT2D eigenvalue weighted by atomic mass is 10.1. The van der Waals surface area contributed by atoms with Gasteiger partial charge < -0.3 is 33.5 Å². The van der Waals surface area contributed by atoms with Gasteiger partial charge in [-0.2, -0.15) is 0 Å². The maximum absolute atomic E-state index is 14.2. The summed E-state index contributed by atoms with van der Waals surface area (Å²) in [5, 5.41) is 0. The van der Waals surface area contributed by atoms with Crippen LogP contribution in [0.3, 0.4) is 0 Å². The predicted octanol–water partition coefficient (Wildman–Crippen LogP) is 9.04. The van der Waals surface area contributed by atoms with Crippen LogP contribution in [0, 0.1) is 35.5 Å². The standard InChI is InChI=1S/C62H74N7O9P3/c1-10-76-79(7,70)60-38-50(19-16-47-22-28-57(73-4)29-23-47)35-53(64-60)41-67-44-56(15-13-14-34-63)69(43-55-37-52(40-62(66-55)81(9,72)78-12-3)21-18-49-26-32-59(75-6)33-27-49)46-68(45-67)42-54-36-51(39-61(65-54)80(8,71)77-11-2)20-17-48-24-30-58(74-5)31-25-48/h22-33,35-40,56H,10-15,34,41-46,63H2,1-9H3/t56-,79?,80?,81?/m0/s1. The van der Waals surface area contributed by atoms with Gasteiger partial charge in [-0.1, -0.05) is 41.9 Å². The van der Waals surface area contributed by atoms with Gasteiger partial charge in [-0.05, 0) is 149 Å². The van der Waals surface area contributed by atoms with Crippen LogP contribution in [0.5, 0.6) is 17.2 Å². The molecule has 426 valence electrons. The molecule has 81 heavy (non-hydrogen) atoms. The fraction of sp³-hybridized carbons (Fsp3) is 0.371. The summed E-state index contributed by atoms with van der Waals surface area (Å²) in [6.45, 7) is 13.9. The van der Waals surface area contributed by atoms with Gasteiger partial charge in [0.25, 0.3) is 0 Å². The van der Waals surface area contributed by atoms with Crippen molar-refractivity contribution < 1.29 is 41.5 Å². The molecule has 0 amide bonds. The maximum atomic E-state index is 14.2. The van der Waals surface area contributed by atoms with E-state index >= 15 is 0 Å². The topological polar surface area (TPSA) is 181 Å². The molecule has 7 rings (SSSR count). The van der Waals surface area contributed by atoms with Crippen LogP contribution >= 0.6 is 22.1 Å². The lowest BCUT2D eigenvalue weighted by molar-refractivity contribution is 0.0931. The summed E-state index contributed by atoms with van der Waals surface area (Å²) >= 11 is 0. The van der Waals surface area contributed by atoms with Crippen LogP contribution in [0.1, 0.15) is 90.5 Å². The molecule has 0 radical (unpaired) electrons. The van der Waals surface area contributed by atoms with Crippen LogP contribution in [-0.2, 0) is 46.9 Å². The second-order valence-electron chi connectivity index (χ2n) is 19.7. The van der Waals surface area contributed by atoms with Crippen molar-refractivity contribution in [2.75, 3.05) is 87.6 Å². The van der Waals surface area contributed by atoms with Gasteiger partial charge in [0, 0.05) is 85.6 Å². The van der Waals surface area contributed by atoms with Gasteiger partial charge in [0.15, 0.2) is 0 Å². The summed E-state index contributed by atoms with van der Waals surface area (Å²) in [5.41, 5.74) is 13.3. The molecule has 1 fully saturated rings. The Morgan fingerprint density at radius 1 is 0.481 bits per heavy atom. The van der Waals surface area contributed by atoms with Gasteiger partial charge in [0.1, 0.15) is 33.6 Å². The molecule has 0 spiro atoms. The van der Waals surface area contributed by atoms with Gasteiger partial charge in [-0.3, -0.25) is 28.4 Å². The average molecular weight is 1150 g/mol. The Labute approximate surface area is 478 Å². The summed E-state index contributed by atoms with van der Waals surface area (Å²) in [4.78, 5) is 22.1. The highest BCUT2D eigenvalue weighted by molar-refractivity contribution is 7.66. The van der Waals surface area contributed by atoms with Crippen LogP contribution in [0.2, 0.25) is 0 Å². The zero-order chi connectivity index (χ0) is 58.0. The first-order valence-corrected chi connectivity index (χ1v) is 33.2. The minimum Gasteiger partial charge on any atom is -0.497 e. The fourth-order valence-corrected chi connectivity index (χ4v) is 13.1. The Bertz CT molecular complexity index is 3440. The summed E-state index contributed by atoms with van der Waals surface area (Å²) in [6, 6.07) is 33.5. The lowest BCUT2D eigenvalue weighted by Crippen LogP contribution is -2.42. The number of nitrogens with two attached hydrogens (primary N) is 1. The van der Waals surface area contributed by atoms with Gasteiger partial charge in [0.05, 0.1) is 71.6 Å². The average Bonchev–Trinajstić information content (AvgIpc) is 3.66. The van der Waals surface area contributed by atoms with E-state index in [0.29, 0.717) is 96.1 Å². The van der Waals surface area contributed by atoms with E-state index in [4.69, 9.17) is 48.5 Å². The Balaban J connectivity index is 1.35. The Hall–Kier alpha value is -6.40. The number of methoxy groups -OCH3 is 3. The minimum atomic E-state index is -3.39. The van der Waals surface area contributed by atoms with Crippen molar-refractivity contribution in [3.05, 3.63) is 160 Å². The van der Waals surface area contributed by atoms with E-state index in [1.54, 1.807) is 59.5 Å². The van der Waals surface area contributed by atoms with Crippen molar-refractivity contribution in [3.8, 4) is 52.8 Å². The molecule has 1 aliphatic rings. The molecule has 4 heterocycles. The Morgan fingerprint density at radius 3 is 1.17 bits per heavy atom. The highest BCUT2D eigenvalue weighted by atomic mass is 31.2. The highest BCUT2D eigenvalue weighted by Crippen LogP contribution is 2.42. The lowest BCUT2D eigenvalue weighted by Gasteiger charge is -2.32. The number of unbranched alkanes of at least 4 members (excludes halogenated alkanes) is 1. The minimum absolute atomic E-state index is 0.0709. The molecule has 3 aromatic heterocycles. The monoisotopic (exact) mass is 1150 g/mol. The Morgan fingerprint density at radius 2 is 0.827 bits per heavy atom. The van der Waals surface area contributed by atoms with E-state index in [1.807, 2.05) is 112 Å². The van der Waals surface area contributed by atoms with Crippen LogP contribution in [0.4, 0.5) is 0 Å². The molecule has 1 saturated heterocycles. The van der Waals surface area contributed by atoms with Crippen molar-refractivity contribution >= 4 is 38.4 Å². The third-order valence-electron chi connectivity index (χ3n) is 13.2. The molecule has 3 unspecified atom stereocenters. The SMILES string of the molecule is CCOP(C)(=O)c1cc(C#Cc2ccc(OC)cc2)cc(CN2C[C@H](CCCCN)N(Cc3cc(C#Cc4ccc(OC)cc4)cc(P(C)(=O)OCC)n3)CN(Cc3cc(C#Cc4ccc(OC)cc4)cc(P(C)(=O)OCC)n3)C2)n1. The molecular formula is C62H74N7O9P3. The van der Waals surface area contributed by atoms with E-state index in [-0.39, 0.29) is 25.9 Å². The molecule has 2 N–H and O–H groups in total. The van der Waals surface area contributed by atoms with E-state index in [1.165, 1.54) is 0 Å². The highest BCUT2D eigenvalue weighted by Gasteiger charge is 2.32. The number of pyridine rings is 3. The molecule has 4 atom stereocenters. The van der Waals surface area contributed by atoms with E-state index < -0.39 is 22.1 Å². The zero-order valence-electron chi connectivity index (χ0n) is 47.9. The summed E-state index contributed by atoms with van der Waals surface area (Å²) in [7, 11) is -5.27. The van der Waals surface area contributed by atoms with Crippen LogP contribution in [-0.4, -0.2) is 123 Å². The van der Waals surface area contributed by atoms with Crippen molar-refractivity contribution in [2.45, 2.75) is 65.7 Å². The van der Waals surface area contributed by atoms with Crippen LogP contribution in [0.25, 0.3) is 0 Å². The smallest absolute Gasteiger partial charge is 0.247 e. The normalized spacial score (nSPS) is 16.1. The first-order valence-electron chi connectivity index (χ1n) is 27.0. The number of aromatic nitrogens is 3. The van der Waals surface area contributed by atoms with Gasteiger partial charge in [0.2, 0.25) is 22.1 Å². The van der Waals surface area contributed by atoms with Crippen molar-refractivity contribution in [1.82, 2.24) is 29.7 Å². The van der Waals surface area contributed by atoms with Crippen LogP contribution < -0.4 is 36.2 Å². The van der Waals surface area contributed by atoms with Crippen molar-refractivity contribution in [3.63, 3.8) is 0 Å². The molecule has 19 heteroatoms. The first-order chi connectivity index (χ1) is 38.9. The number of hydrogen-bond acceptors (Lipinski definition) is 16. The molecule has 0 bridgehead atoms. The second kappa shape index (κ2) is 29.5. The second-order valence-corrected chi connectivity index (χ2v) is 26.9. The molecule has 6 aromatic rings. The van der Waals surface area contributed by atoms with Crippen LogP contribution in [0.15, 0.2) is 109 Å². The molecule has 0 saturated carbocycles. The van der Waals surface area contributed by atoms with E-state index in [2.05, 4.69) is 50.2 Å². The van der Waals surface area contributed by atoms with Gasteiger partial charge >= 0.3 is 0 Å². The molecular weight excluding hydrogens is 1080 g/mol. The third-order valence-corrected chi connectivity index (χ3v) is 18.6. The zero-order valence-corrected chi connectivity index (χ0v) is 50.6. The number of benzene rings is 3. The number of ether oxygens (including phenoxy) is 3. The molecule has 16 nitrogen and oxygen atoms in total. The van der Waals surface area contributed by atoms with E-state index in [0.717, 1.165) is 53.2 Å². The largest absolute Gasteiger partial charge is 0.497 e. The summed E-state index contributed by atoms with van der Waals surface area (Å²) < 4.78 is 76.4.